The van der Waals surface area contributed by atoms with Crippen LogP contribution in [0.2, 0.25) is 0 Å². The number of aromatic nitrogens is 2. The number of ether oxygens (including phenoxy) is 1. The van der Waals surface area contributed by atoms with Crippen LogP contribution in [0.5, 0.6) is 5.75 Å². The zero-order valence-corrected chi connectivity index (χ0v) is 15.7. The average Bonchev–Trinajstić information content (AvgIpc) is 2.69. The van der Waals surface area contributed by atoms with Crippen molar-refractivity contribution < 1.29 is 4.74 Å². The molecule has 0 amide bonds. The third-order valence-corrected chi connectivity index (χ3v) is 4.49. The van der Waals surface area contributed by atoms with Gasteiger partial charge < -0.3 is 15.0 Å². The van der Waals surface area contributed by atoms with Gasteiger partial charge in [0.15, 0.2) is 0 Å². The van der Waals surface area contributed by atoms with Crippen molar-refractivity contribution in [1.29, 1.82) is 0 Å². The van der Waals surface area contributed by atoms with E-state index in [0.29, 0.717) is 0 Å². The van der Waals surface area contributed by atoms with E-state index >= 15 is 0 Å². The fourth-order valence-electron chi connectivity index (χ4n) is 3.33. The van der Waals surface area contributed by atoms with E-state index in [4.69, 9.17) is 9.72 Å². The van der Waals surface area contributed by atoms with Crippen LogP contribution in [0, 0.1) is 0 Å². The first kappa shape index (κ1) is 17.3. The van der Waals surface area contributed by atoms with Gasteiger partial charge in [0.05, 0.1) is 6.10 Å². The molecule has 5 nitrogen and oxygen atoms in total. The minimum atomic E-state index is 0.167. The Bertz CT molecular complexity index is 908. The van der Waals surface area contributed by atoms with Crippen LogP contribution in [0.4, 0.5) is 23.1 Å². The molecule has 0 saturated heterocycles. The largest absolute Gasteiger partial charge is 0.491 e. The minimum Gasteiger partial charge on any atom is -0.491 e. The number of para-hydroxylation sites is 1. The maximum atomic E-state index is 5.69. The molecule has 0 aliphatic carbocycles. The predicted molar refractivity (Wildman–Crippen MR) is 109 cm³/mol. The van der Waals surface area contributed by atoms with Gasteiger partial charge in [-0.15, -0.1) is 0 Å². The Hall–Kier alpha value is -3.08. The van der Waals surface area contributed by atoms with Gasteiger partial charge in [0, 0.05) is 24.1 Å². The van der Waals surface area contributed by atoms with Gasteiger partial charge in [-0.05, 0) is 68.7 Å². The van der Waals surface area contributed by atoms with Crippen molar-refractivity contribution in [3.8, 4) is 5.75 Å². The van der Waals surface area contributed by atoms with E-state index in [9.17, 15) is 0 Å². The third-order valence-electron chi connectivity index (χ3n) is 4.49. The van der Waals surface area contributed by atoms with Gasteiger partial charge in [-0.25, -0.2) is 4.98 Å². The highest BCUT2D eigenvalue weighted by molar-refractivity contribution is 5.65. The molecule has 0 fully saturated rings. The molecule has 0 radical (unpaired) electrons. The molecule has 1 aliphatic heterocycles. The molecule has 2 aromatic carbocycles. The molecule has 2 heterocycles. The van der Waals surface area contributed by atoms with Crippen LogP contribution in [0.3, 0.4) is 0 Å². The van der Waals surface area contributed by atoms with Crippen LogP contribution < -0.4 is 15.0 Å². The Morgan fingerprint density at radius 2 is 1.85 bits per heavy atom. The highest BCUT2D eigenvalue weighted by Crippen LogP contribution is 2.31. The van der Waals surface area contributed by atoms with Crippen LogP contribution in [0.25, 0.3) is 0 Å². The molecule has 27 heavy (non-hydrogen) atoms. The van der Waals surface area contributed by atoms with Gasteiger partial charge in [0.1, 0.15) is 11.6 Å². The molecule has 4 rings (SSSR count). The first-order valence-corrected chi connectivity index (χ1v) is 9.41. The highest BCUT2D eigenvalue weighted by atomic mass is 16.5. The van der Waals surface area contributed by atoms with Crippen molar-refractivity contribution in [3.63, 3.8) is 0 Å². The number of anilines is 4. The van der Waals surface area contributed by atoms with Gasteiger partial charge >= 0.3 is 0 Å². The number of hydrogen-bond acceptors (Lipinski definition) is 5. The molecule has 0 bridgehead atoms. The number of hydrogen-bond donors (Lipinski definition) is 1. The van der Waals surface area contributed by atoms with Gasteiger partial charge in [-0.1, -0.05) is 18.2 Å². The molecular weight excluding hydrogens is 336 g/mol. The molecule has 1 N–H and O–H groups in total. The molecule has 0 saturated carbocycles. The maximum absolute atomic E-state index is 5.69. The molecule has 1 aliphatic rings. The Morgan fingerprint density at radius 1 is 1.04 bits per heavy atom. The summed E-state index contributed by atoms with van der Waals surface area (Å²) in [6.07, 6.45) is 4.18. The number of benzene rings is 2. The van der Waals surface area contributed by atoms with Crippen molar-refractivity contribution in [2.45, 2.75) is 32.8 Å². The van der Waals surface area contributed by atoms with E-state index in [2.05, 4.69) is 39.5 Å². The zero-order chi connectivity index (χ0) is 18.6. The summed E-state index contributed by atoms with van der Waals surface area (Å²) in [6, 6.07) is 18.3. The average molecular weight is 360 g/mol. The molecule has 5 heteroatoms. The van der Waals surface area contributed by atoms with Gasteiger partial charge in [0.25, 0.3) is 0 Å². The third kappa shape index (κ3) is 4.03. The van der Waals surface area contributed by atoms with Crippen LogP contribution in [0.1, 0.15) is 25.8 Å². The number of aryl methyl sites for hydroxylation is 1. The minimum absolute atomic E-state index is 0.167. The summed E-state index contributed by atoms with van der Waals surface area (Å²) in [4.78, 5) is 11.4. The highest BCUT2D eigenvalue weighted by Gasteiger charge is 2.19. The monoisotopic (exact) mass is 360 g/mol. The zero-order valence-electron chi connectivity index (χ0n) is 15.7. The second kappa shape index (κ2) is 7.66. The first-order chi connectivity index (χ1) is 13.2. The summed E-state index contributed by atoms with van der Waals surface area (Å²) in [7, 11) is 0. The van der Waals surface area contributed by atoms with E-state index < -0.39 is 0 Å². The normalized spacial score (nSPS) is 13.4. The molecule has 0 unspecified atom stereocenters. The van der Waals surface area contributed by atoms with Crippen molar-refractivity contribution in [2.75, 3.05) is 16.8 Å². The summed E-state index contributed by atoms with van der Waals surface area (Å²) >= 11 is 0. The molecule has 0 atom stereocenters. The van der Waals surface area contributed by atoms with Crippen LogP contribution in [-0.4, -0.2) is 22.6 Å². The number of fused-ring (bicyclic) bond motifs is 1. The lowest BCUT2D eigenvalue weighted by molar-refractivity contribution is 0.242. The summed E-state index contributed by atoms with van der Waals surface area (Å²) in [5, 5.41) is 3.35. The van der Waals surface area contributed by atoms with Crippen molar-refractivity contribution in [2.24, 2.45) is 0 Å². The Balaban J connectivity index is 1.53. The second-order valence-corrected chi connectivity index (χ2v) is 6.94. The standard InChI is InChI=1S/C22H24N4O/c1-16(2)27-19-11-9-18(10-12-19)24-21-13-14-23-22(25-21)26-15-5-7-17-6-3-4-8-20(17)26/h3-4,6,8-14,16H,5,7,15H2,1-2H3,(H,23,24,25). The summed E-state index contributed by atoms with van der Waals surface area (Å²) < 4.78 is 5.69. The van der Waals surface area contributed by atoms with Gasteiger partial charge in [0.2, 0.25) is 5.95 Å². The quantitative estimate of drug-likeness (QED) is 0.687. The number of nitrogens with one attached hydrogen (secondary N) is 1. The fourth-order valence-corrected chi connectivity index (χ4v) is 3.33. The van der Waals surface area contributed by atoms with Crippen molar-refractivity contribution in [1.82, 2.24) is 9.97 Å². The van der Waals surface area contributed by atoms with Crippen molar-refractivity contribution >= 4 is 23.1 Å². The van der Waals surface area contributed by atoms with Crippen LogP contribution in [-0.2, 0) is 6.42 Å². The van der Waals surface area contributed by atoms with Crippen molar-refractivity contribution in [3.05, 3.63) is 66.4 Å². The van der Waals surface area contributed by atoms with Gasteiger partial charge in [-0.2, -0.15) is 4.98 Å². The number of nitrogens with zero attached hydrogens (tertiary/aromatic N) is 3. The lowest BCUT2D eigenvalue weighted by Crippen LogP contribution is -2.26. The Morgan fingerprint density at radius 3 is 2.67 bits per heavy atom. The fraction of sp³-hybridized carbons (Fsp3) is 0.273. The topological polar surface area (TPSA) is 50.3 Å². The second-order valence-electron chi connectivity index (χ2n) is 6.94. The van der Waals surface area contributed by atoms with E-state index in [0.717, 1.165) is 42.6 Å². The molecule has 3 aromatic rings. The predicted octanol–water partition coefficient (Wildman–Crippen LogP) is 5.09. The van der Waals surface area contributed by atoms with E-state index in [1.807, 2.05) is 44.2 Å². The van der Waals surface area contributed by atoms with Crippen LogP contribution in [0.15, 0.2) is 60.8 Å². The van der Waals surface area contributed by atoms with E-state index in [-0.39, 0.29) is 6.10 Å². The summed E-state index contributed by atoms with van der Waals surface area (Å²) in [6.45, 7) is 4.97. The lowest BCUT2D eigenvalue weighted by Gasteiger charge is -2.29. The Kier molecular flexibility index (Phi) is 4.92. The lowest BCUT2D eigenvalue weighted by atomic mass is 10.0. The number of rotatable bonds is 5. The SMILES string of the molecule is CC(C)Oc1ccc(Nc2ccnc(N3CCCc4ccccc43)n2)cc1. The summed E-state index contributed by atoms with van der Waals surface area (Å²) in [5.74, 6) is 2.37. The Labute approximate surface area is 160 Å². The van der Waals surface area contributed by atoms with E-state index in [1.54, 1.807) is 6.20 Å². The molecule has 1 aromatic heterocycles. The molecule has 138 valence electrons. The van der Waals surface area contributed by atoms with E-state index in [1.165, 1.54) is 11.3 Å². The first-order valence-electron chi connectivity index (χ1n) is 9.41. The molecular formula is C22H24N4O. The van der Waals surface area contributed by atoms with Gasteiger partial charge in [-0.3, -0.25) is 0 Å². The maximum Gasteiger partial charge on any atom is 0.231 e. The smallest absolute Gasteiger partial charge is 0.231 e. The summed E-state index contributed by atoms with van der Waals surface area (Å²) in [5.41, 5.74) is 3.53. The molecule has 0 spiro atoms. The van der Waals surface area contributed by atoms with Crippen LogP contribution >= 0.6 is 0 Å².